The van der Waals surface area contributed by atoms with Gasteiger partial charge in [-0.05, 0) is 23.8 Å². The van der Waals surface area contributed by atoms with Crippen molar-refractivity contribution in [2.24, 2.45) is 0 Å². The molecule has 2 rings (SSSR count). The molecule has 0 fully saturated rings. The van der Waals surface area contributed by atoms with Gasteiger partial charge in [-0.25, -0.2) is 0 Å². The Kier molecular flexibility index (Phi) is 4.98. The molecule has 0 aliphatic carbocycles. The molecule has 6 heteroatoms. The Bertz CT molecular complexity index is 526. The third-order valence-electron chi connectivity index (χ3n) is 2.54. The highest BCUT2D eigenvalue weighted by atomic mass is 16.0. The van der Waals surface area contributed by atoms with E-state index >= 15 is 0 Å². The Hall–Kier alpha value is -2.44. The SMILES string of the molecule is Nc1ccc(-c2ccc(N)c(N)c2N)cc1.O.O. The molecule has 2 aromatic rings. The van der Waals surface area contributed by atoms with Crippen LogP contribution in [-0.4, -0.2) is 11.0 Å². The zero-order valence-corrected chi connectivity index (χ0v) is 9.77. The summed E-state index contributed by atoms with van der Waals surface area (Å²) in [6.07, 6.45) is 0. The Morgan fingerprint density at radius 1 is 0.611 bits per heavy atom. The second kappa shape index (κ2) is 5.76. The van der Waals surface area contributed by atoms with E-state index in [0.29, 0.717) is 22.7 Å². The molecule has 12 N–H and O–H groups in total. The van der Waals surface area contributed by atoms with Crippen molar-refractivity contribution >= 4 is 22.7 Å². The van der Waals surface area contributed by atoms with E-state index in [9.17, 15) is 0 Å². The monoisotopic (exact) mass is 250 g/mol. The van der Waals surface area contributed by atoms with E-state index in [1.165, 1.54) is 0 Å². The molecular weight excluding hydrogens is 232 g/mol. The van der Waals surface area contributed by atoms with Crippen LogP contribution in [0.4, 0.5) is 22.7 Å². The summed E-state index contributed by atoms with van der Waals surface area (Å²) in [5.74, 6) is 0. The summed E-state index contributed by atoms with van der Waals surface area (Å²) < 4.78 is 0. The maximum Gasteiger partial charge on any atom is 0.0787 e. The molecule has 0 saturated heterocycles. The second-order valence-corrected chi connectivity index (χ2v) is 3.65. The van der Waals surface area contributed by atoms with E-state index in [0.717, 1.165) is 11.1 Å². The van der Waals surface area contributed by atoms with Gasteiger partial charge in [0.15, 0.2) is 0 Å². The van der Waals surface area contributed by atoms with E-state index in [1.807, 2.05) is 30.3 Å². The van der Waals surface area contributed by atoms with Gasteiger partial charge in [0.2, 0.25) is 0 Å². The maximum atomic E-state index is 5.92. The van der Waals surface area contributed by atoms with Crippen molar-refractivity contribution in [2.45, 2.75) is 0 Å². The third-order valence-corrected chi connectivity index (χ3v) is 2.54. The fourth-order valence-corrected chi connectivity index (χ4v) is 1.57. The first kappa shape index (κ1) is 15.6. The van der Waals surface area contributed by atoms with Gasteiger partial charge in [-0.3, -0.25) is 0 Å². The van der Waals surface area contributed by atoms with Gasteiger partial charge in [0.05, 0.1) is 17.1 Å². The van der Waals surface area contributed by atoms with Crippen molar-refractivity contribution < 1.29 is 11.0 Å². The fourth-order valence-electron chi connectivity index (χ4n) is 1.57. The average molecular weight is 250 g/mol. The van der Waals surface area contributed by atoms with Crippen LogP contribution < -0.4 is 22.9 Å². The Balaban J connectivity index is 0.00000144. The Morgan fingerprint density at radius 3 is 1.72 bits per heavy atom. The van der Waals surface area contributed by atoms with Crippen molar-refractivity contribution in [3.8, 4) is 11.1 Å². The lowest BCUT2D eigenvalue weighted by Crippen LogP contribution is -2.01. The summed E-state index contributed by atoms with van der Waals surface area (Å²) >= 11 is 0. The average Bonchev–Trinajstić information content (AvgIpc) is 2.28. The predicted octanol–water partition coefficient (Wildman–Crippen LogP) is 0.0330. The fraction of sp³-hybridized carbons (Fsp3) is 0. The summed E-state index contributed by atoms with van der Waals surface area (Å²) in [5.41, 5.74) is 27.0. The first-order chi connectivity index (χ1) is 7.59. The van der Waals surface area contributed by atoms with Crippen LogP contribution in [0.5, 0.6) is 0 Å². The molecular formula is C12H18N4O2. The predicted molar refractivity (Wildman–Crippen MR) is 76.8 cm³/mol. The summed E-state index contributed by atoms with van der Waals surface area (Å²) in [7, 11) is 0. The van der Waals surface area contributed by atoms with Gasteiger partial charge in [-0.15, -0.1) is 0 Å². The molecule has 0 saturated carbocycles. The number of nitrogens with two attached hydrogens (primary N) is 4. The highest BCUT2D eigenvalue weighted by Crippen LogP contribution is 2.33. The molecule has 0 aliphatic rings. The number of benzene rings is 2. The van der Waals surface area contributed by atoms with Crippen LogP contribution in [0.1, 0.15) is 0 Å². The third kappa shape index (κ3) is 2.62. The number of anilines is 4. The molecule has 0 radical (unpaired) electrons. The minimum atomic E-state index is 0. The van der Waals surface area contributed by atoms with Crippen LogP contribution in [0, 0.1) is 0 Å². The van der Waals surface area contributed by atoms with Gasteiger partial charge < -0.3 is 33.9 Å². The summed E-state index contributed by atoms with van der Waals surface area (Å²) in [6.45, 7) is 0. The highest BCUT2D eigenvalue weighted by molar-refractivity contribution is 5.90. The summed E-state index contributed by atoms with van der Waals surface area (Å²) in [4.78, 5) is 0. The van der Waals surface area contributed by atoms with Crippen LogP contribution in [-0.2, 0) is 0 Å². The van der Waals surface area contributed by atoms with E-state index in [2.05, 4.69) is 0 Å². The van der Waals surface area contributed by atoms with Crippen molar-refractivity contribution in [1.29, 1.82) is 0 Å². The quantitative estimate of drug-likeness (QED) is 0.524. The molecule has 98 valence electrons. The Morgan fingerprint density at radius 2 is 1.17 bits per heavy atom. The molecule has 0 spiro atoms. The van der Waals surface area contributed by atoms with E-state index in [4.69, 9.17) is 22.9 Å². The van der Waals surface area contributed by atoms with Gasteiger partial charge >= 0.3 is 0 Å². The smallest absolute Gasteiger partial charge is 0.0787 e. The van der Waals surface area contributed by atoms with Crippen LogP contribution in [0.25, 0.3) is 11.1 Å². The molecule has 0 unspecified atom stereocenters. The maximum absolute atomic E-state index is 5.92. The van der Waals surface area contributed by atoms with Gasteiger partial charge in [-0.1, -0.05) is 18.2 Å². The minimum absolute atomic E-state index is 0. The topological polar surface area (TPSA) is 167 Å². The lowest BCUT2D eigenvalue weighted by atomic mass is 10.0. The van der Waals surface area contributed by atoms with E-state index in [1.54, 1.807) is 6.07 Å². The molecule has 0 atom stereocenters. The normalized spacial score (nSPS) is 9.11. The summed E-state index contributed by atoms with van der Waals surface area (Å²) in [6, 6.07) is 11.0. The standard InChI is InChI=1S/C12H14N4.2H2O/c13-8-3-1-7(2-4-8)9-5-6-10(14)12(16)11(9)15;;/h1-6H,13-16H2;2*1H2. The lowest BCUT2D eigenvalue weighted by Gasteiger charge is -2.10. The van der Waals surface area contributed by atoms with E-state index < -0.39 is 0 Å². The van der Waals surface area contributed by atoms with Crippen LogP contribution in [0.2, 0.25) is 0 Å². The molecule has 0 heterocycles. The first-order valence-electron chi connectivity index (χ1n) is 4.89. The van der Waals surface area contributed by atoms with Crippen LogP contribution in [0.3, 0.4) is 0 Å². The largest absolute Gasteiger partial charge is 0.412 e. The molecule has 18 heavy (non-hydrogen) atoms. The number of rotatable bonds is 1. The van der Waals surface area contributed by atoms with Gasteiger partial charge in [-0.2, -0.15) is 0 Å². The number of hydrogen-bond donors (Lipinski definition) is 4. The first-order valence-corrected chi connectivity index (χ1v) is 4.89. The summed E-state index contributed by atoms with van der Waals surface area (Å²) in [5, 5.41) is 0. The molecule has 6 nitrogen and oxygen atoms in total. The second-order valence-electron chi connectivity index (χ2n) is 3.65. The van der Waals surface area contributed by atoms with Crippen molar-refractivity contribution in [3.05, 3.63) is 36.4 Å². The van der Waals surface area contributed by atoms with Gasteiger partial charge in [0.1, 0.15) is 0 Å². The van der Waals surface area contributed by atoms with Gasteiger partial charge in [0.25, 0.3) is 0 Å². The van der Waals surface area contributed by atoms with Gasteiger partial charge in [0, 0.05) is 11.3 Å². The number of nitrogen functional groups attached to an aromatic ring is 4. The van der Waals surface area contributed by atoms with Crippen molar-refractivity contribution in [1.82, 2.24) is 0 Å². The minimum Gasteiger partial charge on any atom is -0.412 e. The highest BCUT2D eigenvalue weighted by Gasteiger charge is 2.07. The van der Waals surface area contributed by atoms with E-state index in [-0.39, 0.29) is 11.0 Å². The van der Waals surface area contributed by atoms with Crippen molar-refractivity contribution in [2.75, 3.05) is 22.9 Å². The molecule has 0 aliphatic heterocycles. The molecule has 2 aromatic carbocycles. The van der Waals surface area contributed by atoms with Crippen LogP contribution in [0.15, 0.2) is 36.4 Å². The zero-order chi connectivity index (χ0) is 11.7. The lowest BCUT2D eigenvalue weighted by molar-refractivity contribution is 0.823. The number of hydrogen-bond acceptors (Lipinski definition) is 4. The zero-order valence-electron chi connectivity index (χ0n) is 9.77. The molecule has 0 amide bonds. The van der Waals surface area contributed by atoms with Crippen molar-refractivity contribution in [3.63, 3.8) is 0 Å². The molecule has 0 aromatic heterocycles. The Labute approximate surface area is 105 Å². The molecule has 0 bridgehead atoms. The van der Waals surface area contributed by atoms with Crippen LogP contribution >= 0.6 is 0 Å².